The summed E-state index contributed by atoms with van der Waals surface area (Å²) in [5.74, 6) is 0.152. The second kappa shape index (κ2) is 4.93. The molecule has 15 heavy (non-hydrogen) atoms. The normalized spacial score (nSPS) is 12.7. The molecule has 0 aromatic carbocycles. The zero-order valence-electron chi connectivity index (χ0n) is 9.08. The third-order valence-electron chi connectivity index (χ3n) is 2.32. The topological polar surface area (TPSA) is 92.0 Å². The largest absolute Gasteiger partial charge is 0.493 e. The lowest BCUT2D eigenvalue weighted by atomic mass is 10.1. The molecule has 0 spiro atoms. The van der Waals surface area contributed by atoms with Crippen LogP contribution in [0.25, 0.3) is 0 Å². The van der Waals surface area contributed by atoms with Crippen LogP contribution in [0.15, 0.2) is 4.79 Å². The number of aromatic nitrogens is 2. The molecule has 0 bridgehead atoms. The number of aromatic amines is 1. The van der Waals surface area contributed by atoms with Crippen LogP contribution in [0.4, 0.5) is 0 Å². The average molecular weight is 211 g/mol. The summed E-state index contributed by atoms with van der Waals surface area (Å²) in [7, 11) is 0. The summed E-state index contributed by atoms with van der Waals surface area (Å²) in [6.45, 7) is 3.79. The Labute approximate surface area is 88.4 Å². The van der Waals surface area contributed by atoms with Gasteiger partial charge in [0.05, 0.1) is 11.6 Å². The van der Waals surface area contributed by atoms with Crippen LogP contribution in [0.2, 0.25) is 0 Å². The number of H-pyrrole nitrogens is 1. The summed E-state index contributed by atoms with van der Waals surface area (Å²) in [6, 6.07) is -0.320. The predicted molar refractivity (Wildman–Crippen MR) is 57.7 cm³/mol. The zero-order chi connectivity index (χ0) is 11.4. The maximum atomic E-state index is 11.5. The van der Waals surface area contributed by atoms with Crippen molar-refractivity contribution in [1.29, 1.82) is 0 Å². The van der Waals surface area contributed by atoms with E-state index in [1.165, 1.54) is 0 Å². The van der Waals surface area contributed by atoms with Gasteiger partial charge in [0.2, 0.25) is 5.88 Å². The average Bonchev–Trinajstić information content (AvgIpc) is 2.17. The first kappa shape index (κ1) is 11.7. The number of rotatable bonds is 4. The molecule has 5 heteroatoms. The van der Waals surface area contributed by atoms with Gasteiger partial charge in [-0.1, -0.05) is 20.3 Å². The molecule has 1 unspecified atom stereocenters. The van der Waals surface area contributed by atoms with Crippen molar-refractivity contribution in [3.63, 3.8) is 0 Å². The zero-order valence-corrected chi connectivity index (χ0v) is 9.08. The Morgan fingerprint density at radius 1 is 1.53 bits per heavy atom. The van der Waals surface area contributed by atoms with Crippen molar-refractivity contribution in [2.75, 3.05) is 0 Å². The summed E-state index contributed by atoms with van der Waals surface area (Å²) in [6.07, 6.45) is 2.09. The molecule has 0 fully saturated rings. The summed E-state index contributed by atoms with van der Waals surface area (Å²) in [5.41, 5.74) is 5.80. The SMILES string of the molecule is CCCC(N)c1nc(O)c(CC)c(=O)[nH]1. The highest BCUT2D eigenvalue weighted by atomic mass is 16.3. The second-order valence-electron chi connectivity index (χ2n) is 3.50. The van der Waals surface area contributed by atoms with Crippen LogP contribution in [0.3, 0.4) is 0 Å². The van der Waals surface area contributed by atoms with Crippen LogP contribution >= 0.6 is 0 Å². The fraction of sp³-hybridized carbons (Fsp3) is 0.600. The lowest BCUT2D eigenvalue weighted by Crippen LogP contribution is -2.22. The monoisotopic (exact) mass is 211 g/mol. The van der Waals surface area contributed by atoms with Crippen molar-refractivity contribution in [3.05, 3.63) is 21.7 Å². The highest BCUT2D eigenvalue weighted by Gasteiger charge is 2.13. The molecule has 4 N–H and O–H groups in total. The van der Waals surface area contributed by atoms with Crippen molar-refractivity contribution in [1.82, 2.24) is 9.97 Å². The van der Waals surface area contributed by atoms with Gasteiger partial charge >= 0.3 is 0 Å². The first-order valence-corrected chi connectivity index (χ1v) is 5.17. The molecule has 1 atom stereocenters. The second-order valence-corrected chi connectivity index (χ2v) is 3.50. The van der Waals surface area contributed by atoms with E-state index in [0.29, 0.717) is 17.8 Å². The molecule has 1 aromatic heterocycles. The maximum absolute atomic E-state index is 11.5. The van der Waals surface area contributed by atoms with Crippen molar-refractivity contribution >= 4 is 0 Å². The van der Waals surface area contributed by atoms with Gasteiger partial charge in [-0.25, -0.2) is 0 Å². The minimum Gasteiger partial charge on any atom is -0.493 e. The summed E-state index contributed by atoms with van der Waals surface area (Å²) < 4.78 is 0. The predicted octanol–water partition coefficient (Wildman–Crippen LogP) is 0.838. The molecule has 0 saturated carbocycles. The molecule has 0 saturated heterocycles. The Hall–Kier alpha value is -1.36. The minimum absolute atomic E-state index is 0.206. The third kappa shape index (κ3) is 2.56. The van der Waals surface area contributed by atoms with E-state index in [9.17, 15) is 9.90 Å². The van der Waals surface area contributed by atoms with Gasteiger partial charge in [0.1, 0.15) is 5.82 Å². The van der Waals surface area contributed by atoms with Gasteiger partial charge in [0, 0.05) is 0 Å². The maximum Gasteiger partial charge on any atom is 0.257 e. The van der Waals surface area contributed by atoms with E-state index in [1.54, 1.807) is 6.92 Å². The fourth-order valence-electron chi connectivity index (χ4n) is 1.44. The summed E-state index contributed by atoms with van der Waals surface area (Å²) in [5, 5.41) is 9.50. The van der Waals surface area contributed by atoms with Gasteiger partial charge in [-0.15, -0.1) is 0 Å². The summed E-state index contributed by atoms with van der Waals surface area (Å²) >= 11 is 0. The van der Waals surface area contributed by atoms with E-state index in [4.69, 9.17) is 5.73 Å². The van der Waals surface area contributed by atoms with Crippen molar-refractivity contribution in [2.24, 2.45) is 5.73 Å². The number of nitrogens with one attached hydrogen (secondary N) is 1. The van der Waals surface area contributed by atoms with E-state index >= 15 is 0 Å². The molecule has 0 aliphatic rings. The molecular weight excluding hydrogens is 194 g/mol. The number of aromatic hydroxyl groups is 1. The van der Waals surface area contributed by atoms with E-state index in [0.717, 1.165) is 12.8 Å². The Bertz CT molecular complexity index is 387. The molecule has 0 amide bonds. The Kier molecular flexibility index (Phi) is 3.85. The van der Waals surface area contributed by atoms with Crippen molar-refractivity contribution in [2.45, 2.75) is 39.2 Å². The highest BCUT2D eigenvalue weighted by molar-refractivity contribution is 5.22. The van der Waals surface area contributed by atoms with E-state index in [1.807, 2.05) is 6.92 Å². The standard InChI is InChI=1S/C10H17N3O2/c1-3-5-7(11)8-12-9(14)6(4-2)10(15)13-8/h7H,3-5,11H2,1-2H3,(H2,12,13,14,15). The van der Waals surface area contributed by atoms with Gasteiger partial charge in [-0.05, 0) is 12.8 Å². The van der Waals surface area contributed by atoms with Gasteiger partial charge in [-0.2, -0.15) is 4.98 Å². The Morgan fingerprint density at radius 2 is 2.20 bits per heavy atom. The fourth-order valence-corrected chi connectivity index (χ4v) is 1.44. The molecule has 1 aromatic rings. The third-order valence-corrected chi connectivity index (χ3v) is 2.32. The van der Waals surface area contributed by atoms with Crippen molar-refractivity contribution < 1.29 is 5.11 Å². The van der Waals surface area contributed by atoms with Crippen LogP contribution in [0.5, 0.6) is 5.88 Å². The molecule has 0 aliphatic carbocycles. The van der Waals surface area contributed by atoms with E-state index < -0.39 is 0 Å². The van der Waals surface area contributed by atoms with Crippen LogP contribution in [0, 0.1) is 0 Å². The molecule has 5 nitrogen and oxygen atoms in total. The van der Waals surface area contributed by atoms with Crippen LogP contribution in [-0.2, 0) is 6.42 Å². The first-order valence-electron chi connectivity index (χ1n) is 5.17. The van der Waals surface area contributed by atoms with E-state index in [-0.39, 0.29) is 17.5 Å². The minimum atomic E-state index is -0.320. The van der Waals surface area contributed by atoms with Gasteiger partial charge in [0.15, 0.2) is 0 Å². The van der Waals surface area contributed by atoms with Gasteiger partial charge < -0.3 is 15.8 Å². The molecule has 0 radical (unpaired) electrons. The molecular formula is C10H17N3O2. The first-order chi connectivity index (χ1) is 7.10. The van der Waals surface area contributed by atoms with Crippen LogP contribution < -0.4 is 11.3 Å². The Morgan fingerprint density at radius 3 is 2.67 bits per heavy atom. The van der Waals surface area contributed by atoms with Gasteiger partial charge in [0.25, 0.3) is 5.56 Å². The highest BCUT2D eigenvalue weighted by Crippen LogP contribution is 2.14. The number of hydrogen-bond acceptors (Lipinski definition) is 4. The van der Waals surface area contributed by atoms with Gasteiger partial charge in [-0.3, -0.25) is 4.79 Å². The Balaban J connectivity index is 3.08. The number of nitrogens with two attached hydrogens (primary N) is 1. The molecule has 0 aliphatic heterocycles. The lowest BCUT2D eigenvalue weighted by Gasteiger charge is -2.10. The van der Waals surface area contributed by atoms with Crippen molar-refractivity contribution in [3.8, 4) is 5.88 Å². The molecule has 1 rings (SSSR count). The van der Waals surface area contributed by atoms with E-state index in [2.05, 4.69) is 9.97 Å². The molecule has 1 heterocycles. The molecule has 84 valence electrons. The number of nitrogens with zero attached hydrogens (tertiary/aromatic N) is 1. The summed E-state index contributed by atoms with van der Waals surface area (Å²) in [4.78, 5) is 18.0. The van der Waals surface area contributed by atoms with Crippen LogP contribution in [-0.4, -0.2) is 15.1 Å². The lowest BCUT2D eigenvalue weighted by molar-refractivity contribution is 0.435. The van der Waals surface area contributed by atoms with Crippen LogP contribution in [0.1, 0.15) is 44.1 Å². The smallest absolute Gasteiger partial charge is 0.257 e. The quantitative estimate of drug-likeness (QED) is 0.688. The number of hydrogen-bond donors (Lipinski definition) is 3.